The molecule has 0 aliphatic heterocycles. The average Bonchev–Trinajstić information content (AvgIpc) is 1.00. The summed E-state index contributed by atoms with van der Waals surface area (Å²) in [5.74, 6) is 0. The summed E-state index contributed by atoms with van der Waals surface area (Å²) < 4.78 is 8.38. The van der Waals surface area contributed by atoms with E-state index < -0.39 is 0 Å². The van der Waals surface area contributed by atoms with Gasteiger partial charge >= 0.3 is 62.6 Å². The molecule has 0 rings (SSSR count). The Hall–Kier alpha value is 1.86. The van der Waals surface area contributed by atoms with Crippen molar-refractivity contribution < 1.29 is 38.5 Å². The van der Waals surface area contributed by atoms with Crippen molar-refractivity contribution in [3.63, 3.8) is 0 Å². The second-order valence-electron chi connectivity index (χ2n) is 0. The van der Waals surface area contributed by atoms with E-state index in [0.717, 1.165) is 0 Å². The van der Waals surface area contributed by atoms with Crippen molar-refractivity contribution in [2.45, 2.75) is 0 Å². The number of hydrogen-bond acceptors (Lipinski definition) is 1. The van der Waals surface area contributed by atoms with Crippen LogP contribution in [-0.2, 0) is 33.1 Å². The van der Waals surface area contributed by atoms with Crippen LogP contribution in [0.1, 0.15) is 0 Å². The molecule has 4 heteroatoms. The Morgan fingerprint density at radius 1 is 1.25 bits per heavy atom. The van der Waals surface area contributed by atoms with Gasteiger partial charge in [0, 0.05) is 0 Å². The summed E-state index contributed by atoms with van der Waals surface area (Å²) in [6.45, 7) is 0. The van der Waals surface area contributed by atoms with E-state index in [1.165, 1.54) is 0 Å². The van der Waals surface area contributed by atoms with E-state index in [-0.39, 0.29) is 66.0 Å². The molecule has 0 unspecified atom stereocenters. The summed E-state index contributed by atoms with van der Waals surface area (Å²) in [5, 5.41) is 0. The van der Waals surface area contributed by atoms with Gasteiger partial charge in [-0.25, -0.2) is 0 Å². The molecule has 0 fully saturated rings. The van der Waals surface area contributed by atoms with Crippen LogP contribution >= 0.6 is 0 Å². The monoisotopic (exact) mass is 147 g/mol. The van der Waals surface area contributed by atoms with E-state index >= 15 is 0 Å². The molecule has 0 aliphatic rings. The van der Waals surface area contributed by atoms with Gasteiger partial charge in [-0.3, -0.25) is 0 Å². The van der Waals surface area contributed by atoms with Crippen molar-refractivity contribution in [1.29, 1.82) is 0 Å². The quantitative estimate of drug-likeness (QED) is 0.381. The predicted octanol–water partition coefficient (Wildman–Crippen LogP) is -1.59. The topological polar surface area (TPSA) is 48.6 Å². The molecule has 0 bridgehead atoms. The Labute approximate surface area is 67.0 Å². The molecule has 0 saturated heterocycles. The molecule has 0 aromatic rings. The fourth-order valence-electron chi connectivity index (χ4n) is 0. The third-order valence-electron chi connectivity index (χ3n) is 0. The first-order chi connectivity index (χ1) is 1.00. The third kappa shape index (κ3) is 9.12. The van der Waals surface area contributed by atoms with Gasteiger partial charge in [-0.05, 0) is 0 Å². The van der Waals surface area contributed by atoms with Gasteiger partial charge in [0.25, 0.3) is 0 Å². The van der Waals surface area contributed by atoms with Crippen LogP contribution in [0.2, 0.25) is 0 Å². The molecule has 0 saturated carbocycles. The molecule has 2 nitrogen and oxygen atoms in total. The minimum atomic E-state index is 0. The molecule has 0 amide bonds. The molecular formula is H3NaO2Y. The maximum atomic E-state index is 8.38. The van der Waals surface area contributed by atoms with E-state index in [4.69, 9.17) is 2.04 Å². The number of hydrogen-bond donors (Lipinski definition) is 0. The first-order valence-corrected chi connectivity index (χ1v) is 1.39. The van der Waals surface area contributed by atoms with Crippen molar-refractivity contribution >= 4 is 29.6 Å². The standard InChI is InChI=1S/Na.H2O.O.Y.H/h;1H2;;;. The first-order valence-electron chi connectivity index (χ1n) is 0.236. The molecule has 0 atom stereocenters. The van der Waals surface area contributed by atoms with E-state index in [1.54, 1.807) is 0 Å². The van der Waals surface area contributed by atoms with Crippen LogP contribution in [0.15, 0.2) is 0 Å². The molecule has 0 heterocycles. The van der Waals surface area contributed by atoms with Crippen LogP contribution in [0.25, 0.3) is 0 Å². The molecule has 4 heavy (non-hydrogen) atoms. The summed E-state index contributed by atoms with van der Waals surface area (Å²) in [5.41, 5.74) is 0. The molecular weight excluding hydrogens is 144 g/mol. The normalized spacial score (nSPS) is 1.50. The van der Waals surface area contributed by atoms with Crippen LogP contribution in [0.3, 0.4) is 0 Å². The Bertz CT molecular complexity index is 6.00. The second-order valence-corrected chi connectivity index (χ2v) is 0. The summed E-state index contributed by atoms with van der Waals surface area (Å²) >= 11 is 0.100. The molecule has 0 aromatic carbocycles. The Morgan fingerprint density at radius 2 is 1.25 bits per heavy atom. The van der Waals surface area contributed by atoms with Crippen molar-refractivity contribution in [2.24, 2.45) is 0 Å². The summed E-state index contributed by atoms with van der Waals surface area (Å²) in [6, 6.07) is 0. The van der Waals surface area contributed by atoms with Crippen LogP contribution in [0.4, 0.5) is 0 Å². The van der Waals surface area contributed by atoms with Crippen molar-refractivity contribution in [2.75, 3.05) is 0 Å². The van der Waals surface area contributed by atoms with E-state index in [2.05, 4.69) is 0 Å². The summed E-state index contributed by atoms with van der Waals surface area (Å²) in [7, 11) is 0. The average molecular weight is 147 g/mol. The fraction of sp³-hybridized carbons (Fsp3) is 0. The van der Waals surface area contributed by atoms with Gasteiger partial charge in [0.15, 0.2) is 0 Å². The molecule has 0 aliphatic carbocycles. The van der Waals surface area contributed by atoms with Gasteiger partial charge in [-0.15, -0.1) is 0 Å². The first kappa shape index (κ1) is 16.9. The zero-order valence-electron chi connectivity index (χ0n) is 1.49. The van der Waals surface area contributed by atoms with Gasteiger partial charge in [0.2, 0.25) is 0 Å². The Kier molecular flexibility index (Phi) is 88.4. The van der Waals surface area contributed by atoms with Crippen molar-refractivity contribution in [3.05, 3.63) is 0 Å². The summed E-state index contributed by atoms with van der Waals surface area (Å²) in [6.07, 6.45) is 0. The number of rotatable bonds is 0. The summed E-state index contributed by atoms with van der Waals surface area (Å²) in [4.78, 5) is 0. The van der Waals surface area contributed by atoms with Crippen LogP contribution in [-0.4, -0.2) is 35.0 Å². The zero-order valence-corrected chi connectivity index (χ0v) is 4.32. The van der Waals surface area contributed by atoms with Gasteiger partial charge in [0.1, 0.15) is 0 Å². The van der Waals surface area contributed by atoms with Crippen molar-refractivity contribution in [3.8, 4) is 0 Å². The van der Waals surface area contributed by atoms with E-state index in [9.17, 15) is 0 Å². The molecule has 19 valence electrons. The molecule has 0 aromatic heterocycles. The fourth-order valence-corrected chi connectivity index (χ4v) is 0. The van der Waals surface area contributed by atoms with E-state index in [0.29, 0.717) is 0 Å². The van der Waals surface area contributed by atoms with Gasteiger partial charge in [0.05, 0.1) is 0 Å². The zero-order chi connectivity index (χ0) is 2.00. The van der Waals surface area contributed by atoms with Crippen LogP contribution in [0, 0.1) is 0 Å². The molecule has 2 N–H and O–H groups in total. The van der Waals surface area contributed by atoms with Gasteiger partial charge in [-0.1, -0.05) is 0 Å². The van der Waals surface area contributed by atoms with Gasteiger partial charge in [-0.2, -0.15) is 0 Å². The van der Waals surface area contributed by atoms with E-state index in [1.807, 2.05) is 0 Å². The molecule has 0 spiro atoms. The van der Waals surface area contributed by atoms with Crippen LogP contribution in [0.5, 0.6) is 0 Å². The van der Waals surface area contributed by atoms with Crippen LogP contribution < -0.4 is 0 Å². The second kappa shape index (κ2) is 20.9. The predicted molar refractivity (Wildman–Crippen MR) is 11.4 cm³/mol. The Balaban J connectivity index is -0.00000000500. The Morgan fingerprint density at radius 3 is 1.25 bits per heavy atom. The van der Waals surface area contributed by atoms with Gasteiger partial charge < -0.3 is 5.48 Å². The van der Waals surface area contributed by atoms with Crippen molar-refractivity contribution in [1.82, 2.24) is 0 Å². The minimum absolute atomic E-state index is 0. The SMILES string of the molecule is O.[NaH].[O]=[Y]. The maximum absolute atomic E-state index is 8.38. The third-order valence-corrected chi connectivity index (χ3v) is 0. The molecule has 0 radical (unpaired) electrons.